The number of unbranched alkanes of at least 4 members (excludes halogenated alkanes) is 1. The number of aryl methyl sites for hydroxylation is 1. The van der Waals surface area contributed by atoms with E-state index in [1.165, 1.54) is 5.56 Å². The lowest BCUT2D eigenvalue weighted by Gasteiger charge is -2.20. The summed E-state index contributed by atoms with van der Waals surface area (Å²) in [4.78, 5) is 14.5. The van der Waals surface area contributed by atoms with Crippen molar-refractivity contribution < 1.29 is 4.79 Å². The van der Waals surface area contributed by atoms with Crippen molar-refractivity contribution in [1.82, 2.24) is 15.1 Å². The zero-order chi connectivity index (χ0) is 20.6. The van der Waals surface area contributed by atoms with E-state index < -0.39 is 0 Å². The van der Waals surface area contributed by atoms with Crippen LogP contribution in [-0.4, -0.2) is 34.1 Å². The van der Waals surface area contributed by atoms with Crippen molar-refractivity contribution in [2.45, 2.75) is 33.6 Å². The monoisotopic (exact) mass is 388 g/mol. The smallest absolute Gasteiger partial charge is 0.253 e. The van der Waals surface area contributed by atoms with E-state index in [0.29, 0.717) is 11.4 Å². The number of nitrogens with one attached hydrogen (secondary N) is 1. The number of anilines is 2. The van der Waals surface area contributed by atoms with E-state index in [2.05, 4.69) is 41.5 Å². The largest absolute Gasteiger partial charge is 0.339 e. The minimum atomic E-state index is 0.0785. The van der Waals surface area contributed by atoms with Gasteiger partial charge in [-0.25, -0.2) is 0 Å². The fraction of sp³-hybridized carbons (Fsp3) is 0.292. The van der Waals surface area contributed by atoms with Crippen molar-refractivity contribution in [3.8, 4) is 11.3 Å². The van der Waals surface area contributed by atoms with Gasteiger partial charge >= 0.3 is 0 Å². The first kappa shape index (κ1) is 20.5. The lowest BCUT2D eigenvalue weighted by Crippen LogP contribution is -2.31. The van der Waals surface area contributed by atoms with Gasteiger partial charge in [0.2, 0.25) is 0 Å². The Morgan fingerprint density at radius 1 is 0.931 bits per heavy atom. The highest BCUT2D eigenvalue weighted by atomic mass is 16.2. The SMILES string of the molecule is CCCCN(CC)C(=O)c1ccc(Nc2ccc(-c3ccc(C)cc3)nn2)cc1. The van der Waals surface area contributed by atoms with Crippen LogP contribution in [0.3, 0.4) is 0 Å². The highest BCUT2D eigenvalue weighted by molar-refractivity contribution is 5.94. The van der Waals surface area contributed by atoms with Gasteiger partial charge in [0.1, 0.15) is 0 Å². The quantitative estimate of drug-likeness (QED) is 0.557. The Morgan fingerprint density at radius 2 is 1.66 bits per heavy atom. The molecule has 0 fully saturated rings. The van der Waals surface area contributed by atoms with Crippen molar-refractivity contribution in [2.24, 2.45) is 0 Å². The fourth-order valence-electron chi connectivity index (χ4n) is 3.06. The molecule has 3 rings (SSSR count). The molecule has 0 unspecified atom stereocenters. The maximum Gasteiger partial charge on any atom is 0.253 e. The predicted molar refractivity (Wildman–Crippen MR) is 118 cm³/mol. The molecule has 3 aromatic rings. The van der Waals surface area contributed by atoms with Gasteiger partial charge in [-0.05, 0) is 56.7 Å². The molecule has 0 aliphatic heterocycles. The van der Waals surface area contributed by atoms with Gasteiger partial charge in [0, 0.05) is 29.9 Å². The van der Waals surface area contributed by atoms with Crippen molar-refractivity contribution >= 4 is 17.4 Å². The second kappa shape index (κ2) is 9.82. The number of carbonyl (C=O) groups excluding carboxylic acids is 1. The van der Waals surface area contributed by atoms with Crippen LogP contribution in [0.15, 0.2) is 60.7 Å². The van der Waals surface area contributed by atoms with Gasteiger partial charge in [-0.3, -0.25) is 4.79 Å². The first-order chi connectivity index (χ1) is 14.1. The third-order valence-corrected chi connectivity index (χ3v) is 4.87. The van der Waals surface area contributed by atoms with Crippen LogP contribution in [0.25, 0.3) is 11.3 Å². The molecule has 0 saturated carbocycles. The van der Waals surface area contributed by atoms with Crippen LogP contribution in [0.5, 0.6) is 0 Å². The van der Waals surface area contributed by atoms with Gasteiger partial charge in [-0.1, -0.05) is 43.2 Å². The molecule has 1 aromatic heterocycles. The summed E-state index contributed by atoms with van der Waals surface area (Å²) < 4.78 is 0. The molecule has 0 saturated heterocycles. The van der Waals surface area contributed by atoms with Crippen molar-refractivity contribution in [2.75, 3.05) is 18.4 Å². The summed E-state index contributed by atoms with van der Waals surface area (Å²) in [6.07, 6.45) is 2.10. The summed E-state index contributed by atoms with van der Waals surface area (Å²) in [6, 6.07) is 19.6. The Hall–Kier alpha value is -3.21. The van der Waals surface area contributed by atoms with Crippen LogP contribution in [0.4, 0.5) is 11.5 Å². The minimum Gasteiger partial charge on any atom is -0.339 e. The second-order valence-corrected chi connectivity index (χ2v) is 7.11. The first-order valence-electron chi connectivity index (χ1n) is 10.2. The summed E-state index contributed by atoms with van der Waals surface area (Å²) in [5, 5.41) is 11.8. The zero-order valence-corrected chi connectivity index (χ0v) is 17.4. The number of nitrogens with zero attached hydrogens (tertiary/aromatic N) is 3. The van der Waals surface area contributed by atoms with Gasteiger partial charge < -0.3 is 10.2 Å². The van der Waals surface area contributed by atoms with Crippen molar-refractivity contribution in [1.29, 1.82) is 0 Å². The topological polar surface area (TPSA) is 58.1 Å². The van der Waals surface area contributed by atoms with Crippen molar-refractivity contribution in [3.05, 3.63) is 71.8 Å². The van der Waals surface area contributed by atoms with E-state index in [-0.39, 0.29) is 5.91 Å². The Morgan fingerprint density at radius 3 is 2.24 bits per heavy atom. The van der Waals surface area contributed by atoms with E-state index in [4.69, 9.17) is 0 Å². The number of aromatic nitrogens is 2. The molecule has 5 heteroatoms. The highest BCUT2D eigenvalue weighted by Gasteiger charge is 2.13. The maximum absolute atomic E-state index is 12.6. The van der Waals surface area contributed by atoms with Crippen LogP contribution in [0.2, 0.25) is 0 Å². The third kappa shape index (κ3) is 5.41. The molecule has 0 spiro atoms. The molecule has 0 aliphatic carbocycles. The standard InChI is InChI=1S/C24H28N4O/c1-4-6-17-28(5-2)24(29)20-11-13-21(14-12-20)25-23-16-15-22(26-27-23)19-9-7-18(3)8-10-19/h7-16H,4-6,17H2,1-3H3,(H,25,27). The molecule has 1 N–H and O–H groups in total. The molecular formula is C24H28N4O. The van der Waals surface area contributed by atoms with Crippen LogP contribution >= 0.6 is 0 Å². The Kier molecular flexibility index (Phi) is 6.95. The molecule has 1 heterocycles. The molecule has 0 atom stereocenters. The van der Waals surface area contributed by atoms with Crippen molar-refractivity contribution in [3.63, 3.8) is 0 Å². The number of carbonyl (C=O) groups is 1. The Balaban J connectivity index is 1.65. The molecule has 0 bridgehead atoms. The van der Waals surface area contributed by atoms with Gasteiger partial charge in [-0.2, -0.15) is 0 Å². The summed E-state index contributed by atoms with van der Waals surface area (Å²) in [5.41, 5.74) is 4.67. The molecule has 150 valence electrons. The molecule has 0 aliphatic rings. The average Bonchev–Trinajstić information content (AvgIpc) is 2.76. The van der Waals surface area contributed by atoms with E-state index in [1.807, 2.05) is 60.4 Å². The zero-order valence-electron chi connectivity index (χ0n) is 17.4. The molecule has 2 aromatic carbocycles. The first-order valence-corrected chi connectivity index (χ1v) is 10.2. The molecule has 5 nitrogen and oxygen atoms in total. The lowest BCUT2D eigenvalue weighted by atomic mass is 10.1. The summed E-state index contributed by atoms with van der Waals surface area (Å²) in [7, 11) is 0. The predicted octanol–water partition coefficient (Wildman–Crippen LogP) is 5.46. The maximum atomic E-state index is 12.6. The summed E-state index contributed by atoms with van der Waals surface area (Å²) >= 11 is 0. The fourth-order valence-corrected chi connectivity index (χ4v) is 3.06. The highest BCUT2D eigenvalue weighted by Crippen LogP contribution is 2.20. The number of amides is 1. The molecule has 1 amide bonds. The second-order valence-electron chi connectivity index (χ2n) is 7.11. The van der Waals surface area contributed by atoms with Crippen LogP contribution in [0, 0.1) is 6.92 Å². The van der Waals surface area contributed by atoms with E-state index >= 15 is 0 Å². The van der Waals surface area contributed by atoms with Crippen LogP contribution in [0.1, 0.15) is 42.6 Å². The lowest BCUT2D eigenvalue weighted by molar-refractivity contribution is 0.0762. The normalized spacial score (nSPS) is 10.6. The third-order valence-electron chi connectivity index (χ3n) is 4.87. The number of rotatable bonds is 8. The minimum absolute atomic E-state index is 0.0785. The summed E-state index contributed by atoms with van der Waals surface area (Å²) in [5.74, 6) is 0.743. The average molecular weight is 389 g/mol. The Labute approximate surface area is 172 Å². The molecule has 29 heavy (non-hydrogen) atoms. The van der Waals surface area contributed by atoms with Gasteiger partial charge in [-0.15, -0.1) is 10.2 Å². The van der Waals surface area contributed by atoms with Gasteiger partial charge in [0.05, 0.1) is 5.69 Å². The van der Waals surface area contributed by atoms with Gasteiger partial charge in [0.15, 0.2) is 5.82 Å². The number of hydrogen-bond acceptors (Lipinski definition) is 4. The van der Waals surface area contributed by atoms with E-state index in [0.717, 1.165) is 42.9 Å². The number of hydrogen-bond donors (Lipinski definition) is 1. The Bertz CT molecular complexity index is 919. The van der Waals surface area contributed by atoms with E-state index in [1.54, 1.807) is 0 Å². The van der Waals surface area contributed by atoms with Crippen LogP contribution in [-0.2, 0) is 0 Å². The van der Waals surface area contributed by atoms with Crippen LogP contribution < -0.4 is 5.32 Å². The molecule has 0 radical (unpaired) electrons. The van der Waals surface area contributed by atoms with E-state index in [9.17, 15) is 4.79 Å². The number of benzene rings is 2. The van der Waals surface area contributed by atoms with Gasteiger partial charge in [0.25, 0.3) is 5.91 Å². The molecular weight excluding hydrogens is 360 g/mol. The summed E-state index contributed by atoms with van der Waals surface area (Å²) in [6.45, 7) is 7.74.